The summed E-state index contributed by atoms with van der Waals surface area (Å²) in [7, 11) is 0. The largest absolute Gasteiger partial charge is 0.324 e. The van der Waals surface area contributed by atoms with Crippen LogP contribution in [0.1, 0.15) is 22.4 Å². The molecule has 0 atom stereocenters. The molecule has 0 aliphatic rings. The maximum atomic E-state index is 5.93. The lowest BCUT2D eigenvalue weighted by molar-refractivity contribution is 1.10. The third-order valence-electron chi connectivity index (χ3n) is 2.74. The molecule has 1 aromatic carbocycles. The Hall–Kier alpha value is -1.61. The van der Waals surface area contributed by atoms with Crippen molar-refractivity contribution in [2.45, 2.75) is 27.7 Å². The van der Waals surface area contributed by atoms with Gasteiger partial charge < -0.3 is 5.32 Å². The van der Waals surface area contributed by atoms with Crippen LogP contribution in [-0.4, -0.2) is 9.97 Å². The van der Waals surface area contributed by atoms with Gasteiger partial charge in [0.1, 0.15) is 5.15 Å². The number of nitrogens with one attached hydrogen (secondary N) is 1. The highest BCUT2D eigenvalue weighted by atomic mass is 35.5. The van der Waals surface area contributed by atoms with Crippen LogP contribution in [0, 0.1) is 27.7 Å². The molecule has 2 rings (SSSR count). The number of nitrogens with zero attached hydrogens (tertiary/aromatic N) is 2. The second-order valence-corrected chi connectivity index (χ2v) is 4.94. The summed E-state index contributed by atoms with van der Waals surface area (Å²) < 4.78 is 0. The van der Waals surface area contributed by atoms with Crippen molar-refractivity contribution < 1.29 is 0 Å². The first-order valence-corrected chi connectivity index (χ1v) is 6.19. The van der Waals surface area contributed by atoms with Crippen molar-refractivity contribution in [2.75, 3.05) is 5.32 Å². The number of aryl methyl sites for hydroxylation is 4. The fourth-order valence-electron chi connectivity index (χ4n) is 2.08. The van der Waals surface area contributed by atoms with E-state index in [1.165, 1.54) is 16.7 Å². The van der Waals surface area contributed by atoms with Crippen LogP contribution in [0.3, 0.4) is 0 Å². The van der Waals surface area contributed by atoms with E-state index < -0.39 is 0 Å². The molecule has 2 aromatic rings. The summed E-state index contributed by atoms with van der Waals surface area (Å²) in [5.74, 6) is 0.537. The Bertz CT molecular complexity index is 550. The molecule has 94 valence electrons. The van der Waals surface area contributed by atoms with Crippen LogP contribution in [0.15, 0.2) is 18.2 Å². The fraction of sp³-hybridized carbons (Fsp3) is 0.286. The first-order chi connectivity index (χ1) is 8.45. The second kappa shape index (κ2) is 4.94. The average molecular weight is 262 g/mol. The lowest BCUT2D eigenvalue weighted by Gasteiger charge is -2.13. The van der Waals surface area contributed by atoms with Crippen molar-refractivity contribution in [1.29, 1.82) is 0 Å². The highest BCUT2D eigenvalue weighted by molar-refractivity contribution is 6.29. The van der Waals surface area contributed by atoms with Crippen molar-refractivity contribution in [3.05, 3.63) is 45.7 Å². The van der Waals surface area contributed by atoms with E-state index in [4.69, 9.17) is 11.6 Å². The highest BCUT2D eigenvalue weighted by Gasteiger charge is 2.07. The molecule has 0 saturated heterocycles. The summed E-state index contributed by atoms with van der Waals surface area (Å²) in [4.78, 5) is 8.50. The number of hydrogen-bond donors (Lipinski definition) is 1. The third kappa shape index (κ3) is 2.79. The smallest absolute Gasteiger partial charge is 0.228 e. The Balaban J connectivity index is 2.40. The van der Waals surface area contributed by atoms with Crippen LogP contribution < -0.4 is 5.32 Å². The van der Waals surface area contributed by atoms with E-state index in [0.29, 0.717) is 11.1 Å². The van der Waals surface area contributed by atoms with Crippen molar-refractivity contribution >= 4 is 23.2 Å². The van der Waals surface area contributed by atoms with Crippen LogP contribution in [-0.2, 0) is 0 Å². The first kappa shape index (κ1) is 12.8. The molecule has 0 unspecified atom stereocenters. The maximum Gasteiger partial charge on any atom is 0.228 e. The number of anilines is 2. The van der Waals surface area contributed by atoms with Crippen LogP contribution >= 0.6 is 11.6 Å². The molecule has 3 nitrogen and oxygen atoms in total. The zero-order valence-electron chi connectivity index (χ0n) is 11.0. The molecule has 0 spiro atoms. The number of aromatic nitrogens is 2. The van der Waals surface area contributed by atoms with Crippen LogP contribution in [0.25, 0.3) is 0 Å². The van der Waals surface area contributed by atoms with Gasteiger partial charge in [-0.05, 0) is 44.9 Å². The maximum absolute atomic E-state index is 5.93. The van der Waals surface area contributed by atoms with Gasteiger partial charge in [-0.25, -0.2) is 9.97 Å². The van der Waals surface area contributed by atoms with Gasteiger partial charge in [0, 0.05) is 11.4 Å². The van der Waals surface area contributed by atoms with E-state index in [9.17, 15) is 0 Å². The molecular weight excluding hydrogens is 246 g/mol. The fourth-order valence-corrected chi connectivity index (χ4v) is 2.31. The monoisotopic (exact) mass is 261 g/mol. The topological polar surface area (TPSA) is 37.8 Å². The zero-order chi connectivity index (χ0) is 13.3. The Labute approximate surface area is 112 Å². The van der Waals surface area contributed by atoms with Gasteiger partial charge in [0.25, 0.3) is 0 Å². The van der Waals surface area contributed by atoms with Gasteiger partial charge in [0.15, 0.2) is 0 Å². The van der Waals surface area contributed by atoms with E-state index in [1.54, 1.807) is 6.07 Å². The minimum absolute atomic E-state index is 0.451. The molecule has 0 aliphatic carbocycles. The van der Waals surface area contributed by atoms with Gasteiger partial charge in [-0.1, -0.05) is 29.3 Å². The van der Waals surface area contributed by atoms with Crippen LogP contribution in [0.2, 0.25) is 5.15 Å². The molecular formula is C14H16ClN3. The molecule has 1 N–H and O–H groups in total. The number of hydrogen-bond acceptors (Lipinski definition) is 3. The average Bonchev–Trinajstić information content (AvgIpc) is 2.22. The van der Waals surface area contributed by atoms with Gasteiger partial charge in [-0.3, -0.25) is 0 Å². The minimum atomic E-state index is 0.451. The van der Waals surface area contributed by atoms with Crippen molar-refractivity contribution in [1.82, 2.24) is 9.97 Å². The number of halogens is 1. The molecule has 1 heterocycles. The molecule has 0 saturated carbocycles. The van der Waals surface area contributed by atoms with Crippen LogP contribution in [0.4, 0.5) is 11.6 Å². The predicted octanol–water partition coefficient (Wildman–Crippen LogP) is 4.11. The molecule has 4 heteroatoms. The normalized spacial score (nSPS) is 10.5. The van der Waals surface area contributed by atoms with Gasteiger partial charge in [0.2, 0.25) is 5.95 Å². The molecule has 1 aromatic heterocycles. The lowest BCUT2D eigenvalue weighted by atomic mass is 10.1. The Kier molecular flexibility index (Phi) is 3.53. The molecule has 0 aliphatic heterocycles. The van der Waals surface area contributed by atoms with Gasteiger partial charge in [-0.2, -0.15) is 0 Å². The van der Waals surface area contributed by atoms with E-state index in [2.05, 4.69) is 48.2 Å². The van der Waals surface area contributed by atoms with Crippen molar-refractivity contribution in [2.24, 2.45) is 0 Å². The Morgan fingerprint density at radius 1 is 0.944 bits per heavy atom. The molecule has 0 bridgehead atoms. The van der Waals surface area contributed by atoms with Crippen LogP contribution in [0.5, 0.6) is 0 Å². The predicted molar refractivity (Wildman–Crippen MR) is 75.7 cm³/mol. The van der Waals surface area contributed by atoms with Gasteiger partial charge in [-0.15, -0.1) is 0 Å². The quantitative estimate of drug-likeness (QED) is 0.827. The van der Waals surface area contributed by atoms with E-state index in [1.807, 2.05) is 6.92 Å². The standard InChI is InChI=1S/C14H16ClN3/c1-8-5-9(2)13(10(3)6-8)18-14-16-11(4)7-12(15)17-14/h5-7H,1-4H3,(H,16,17,18). The van der Waals surface area contributed by atoms with Crippen molar-refractivity contribution in [3.63, 3.8) is 0 Å². The molecule has 0 radical (unpaired) electrons. The first-order valence-electron chi connectivity index (χ1n) is 5.82. The summed E-state index contributed by atoms with van der Waals surface area (Å²) in [6.07, 6.45) is 0. The van der Waals surface area contributed by atoms with E-state index >= 15 is 0 Å². The molecule has 0 amide bonds. The van der Waals surface area contributed by atoms with E-state index in [-0.39, 0.29) is 0 Å². The number of rotatable bonds is 2. The summed E-state index contributed by atoms with van der Waals surface area (Å²) >= 11 is 5.93. The number of benzene rings is 1. The van der Waals surface area contributed by atoms with Crippen molar-refractivity contribution in [3.8, 4) is 0 Å². The SMILES string of the molecule is Cc1cc(C)c(Nc2nc(C)cc(Cl)n2)c(C)c1. The summed E-state index contributed by atoms with van der Waals surface area (Å²) in [6, 6.07) is 6.00. The van der Waals surface area contributed by atoms with E-state index in [0.717, 1.165) is 11.4 Å². The second-order valence-electron chi connectivity index (χ2n) is 4.55. The lowest BCUT2D eigenvalue weighted by Crippen LogP contribution is -2.02. The summed E-state index contributed by atoms with van der Waals surface area (Å²) in [5, 5.41) is 3.69. The van der Waals surface area contributed by atoms with Gasteiger partial charge >= 0.3 is 0 Å². The Morgan fingerprint density at radius 2 is 1.56 bits per heavy atom. The molecule has 0 fully saturated rings. The summed E-state index contributed by atoms with van der Waals surface area (Å²) in [6.45, 7) is 8.12. The Morgan fingerprint density at radius 3 is 2.11 bits per heavy atom. The minimum Gasteiger partial charge on any atom is -0.324 e. The molecule has 18 heavy (non-hydrogen) atoms. The summed E-state index contributed by atoms with van der Waals surface area (Å²) in [5.41, 5.74) is 5.49. The van der Waals surface area contributed by atoms with Gasteiger partial charge in [0.05, 0.1) is 0 Å². The highest BCUT2D eigenvalue weighted by Crippen LogP contribution is 2.25. The third-order valence-corrected chi connectivity index (χ3v) is 2.93. The zero-order valence-corrected chi connectivity index (χ0v) is 11.8.